The number of amides is 1. The van der Waals surface area contributed by atoms with E-state index in [9.17, 15) is 4.79 Å². The largest absolute Gasteiger partial charge is 0.489 e. The summed E-state index contributed by atoms with van der Waals surface area (Å²) < 4.78 is 5.74. The number of nitrogens with zero attached hydrogens (tertiary/aromatic N) is 1. The summed E-state index contributed by atoms with van der Waals surface area (Å²) in [5.41, 5.74) is 1.67. The predicted octanol–water partition coefficient (Wildman–Crippen LogP) is 2.51. The first-order valence-corrected chi connectivity index (χ1v) is 7.63. The summed E-state index contributed by atoms with van der Waals surface area (Å²) in [6.07, 6.45) is 4.88. The van der Waals surface area contributed by atoms with Gasteiger partial charge < -0.3 is 15.0 Å². The van der Waals surface area contributed by atoms with E-state index >= 15 is 0 Å². The van der Waals surface area contributed by atoms with Crippen molar-refractivity contribution in [2.45, 2.75) is 31.7 Å². The average molecular weight is 272 g/mol. The number of anilines is 1. The van der Waals surface area contributed by atoms with E-state index in [-0.39, 0.29) is 5.91 Å². The lowest BCUT2D eigenvalue weighted by Crippen LogP contribution is -2.35. The zero-order chi connectivity index (χ0) is 13.5. The first-order chi connectivity index (χ1) is 9.83. The fourth-order valence-corrected chi connectivity index (χ4v) is 2.86. The molecule has 1 aromatic carbocycles. The van der Waals surface area contributed by atoms with E-state index in [4.69, 9.17) is 4.74 Å². The molecule has 3 aliphatic rings. The quantitative estimate of drug-likeness (QED) is 0.915. The zero-order valence-corrected chi connectivity index (χ0v) is 11.6. The Morgan fingerprint density at radius 3 is 2.90 bits per heavy atom. The highest BCUT2D eigenvalue weighted by Crippen LogP contribution is 2.38. The van der Waals surface area contributed by atoms with Gasteiger partial charge in [-0.25, -0.2) is 0 Å². The molecule has 2 aliphatic carbocycles. The molecule has 0 spiro atoms. The summed E-state index contributed by atoms with van der Waals surface area (Å²) >= 11 is 0. The van der Waals surface area contributed by atoms with Gasteiger partial charge in [-0.3, -0.25) is 4.79 Å². The van der Waals surface area contributed by atoms with Crippen molar-refractivity contribution in [1.82, 2.24) is 4.90 Å². The lowest BCUT2D eigenvalue weighted by molar-refractivity contribution is 0.0730. The maximum absolute atomic E-state index is 12.9. The van der Waals surface area contributed by atoms with E-state index in [1.54, 1.807) is 0 Å². The van der Waals surface area contributed by atoms with Crippen LogP contribution in [0.4, 0.5) is 5.69 Å². The topological polar surface area (TPSA) is 41.6 Å². The number of carbonyl (C=O) groups is 1. The van der Waals surface area contributed by atoms with Gasteiger partial charge in [0, 0.05) is 19.1 Å². The molecule has 106 valence electrons. The molecule has 1 aliphatic heterocycles. The average Bonchev–Trinajstić information content (AvgIpc) is 3.37. The molecule has 1 N–H and O–H groups in total. The Kier molecular flexibility index (Phi) is 2.83. The molecule has 1 amide bonds. The molecule has 2 fully saturated rings. The first-order valence-electron chi connectivity index (χ1n) is 7.63. The van der Waals surface area contributed by atoms with Crippen molar-refractivity contribution in [3.63, 3.8) is 0 Å². The molecule has 0 unspecified atom stereocenters. The van der Waals surface area contributed by atoms with Crippen molar-refractivity contribution in [1.29, 1.82) is 0 Å². The van der Waals surface area contributed by atoms with Crippen LogP contribution in [0.3, 0.4) is 0 Å². The van der Waals surface area contributed by atoms with Crippen LogP contribution in [-0.2, 0) is 0 Å². The van der Waals surface area contributed by atoms with Crippen LogP contribution in [0.5, 0.6) is 5.75 Å². The van der Waals surface area contributed by atoms with Gasteiger partial charge in [-0.05, 0) is 43.7 Å². The number of nitrogens with one attached hydrogen (secondary N) is 1. The van der Waals surface area contributed by atoms with E-state index in [0.717, 1.165) is 48.8 Å². The highest BCUT2D eigenvalue weighted by Gasteiger charge is 2.38. The molecule has 0 atom stereocenters. The third-order valence-electron chi connectivity index (χ3n) is 4.31. The summed E-state index contributed by atoms with van der Waals surface area (Å²) in [5, 5.41) is 3.30. The van der Waals surface area contributed by atoms with Gasteiger partial charge >= 0.3 is 0 Å². The fraction of sp³-hybridized carbons (Fsp3) is 0.562. The van der Waals surface area contributed by atoms with Gasteiger partial charge in [-0.1, -0.05) is 6.07 Å². The Balaban J connectivity index is 1.63. The van der Waals surface area contributed by atoms with Crippen LogP contribution in [0.15, 0.2) is 18.2 Å². The van der Waals surface area contributed by atoms with Crippen molar-refractivity contribution in [2.75, 3.05) is 25.0 Å². The van der Waals surface area contributed by atoms with Crippen LogP contribution in [-0.4, -0.2) is 36.5 Å². The smallest absolute Gasteiger partial charge is 0.257 e. The van der Waals surface area contributed by atoms with Crippen LogP contribution >= 0.6 is 0 Å². The molecule has 0 aromatic heterocycles. The van der Waals surface area contributed by atoms with Crippen molar-refractivity contribution in [3.8, 4) is 5.75 Å². The second-order valence-electron chi connectivity index (χ2n) is 6.09. The molecule has 4 rings (SSSR count). The van der Waals surface area contributed by atoms with Crippen molar-refractivity contribution in [3.05, 3.63) is 23.8 Å². The molecule has 4 heteroatoms. The highest BCUT2D eigenvalue weighted by atomic mass is 16.5. The van der Waals surface area contributed by atoms with E-state index < -0.39 is 0 Å². The van der Waals surface area contributed by atoms with Crippen molar-refractivity contribution in [2.24, 2.45) is 5.92 Å². The molecule has 0 radical (unpaired) electrons. The van der Waals surface area contributed by atoms with Gasteiger partial charge in [0.1, 0.15) is 6.61 Å². The van der Waals surface area contributed by atoms with Gasteiger partial charge in [-0.15, -0.1) is 0 Å². The Hall–Kier alpha value is -1.71. The molecule has 1 aromatic rings. The summed E-state index contributed by atoms with van der Waals surface area (Å²) in [7, 11) is 0. The molecular formula is C16H20N2O2. The van der Waals surface area contributed by atoms with Gasteiger partial charge in [0.2, 0.25) is 0 Å². The minimum Gasteiger partial charge on any atom is -0.489 e. The third kappa shape index (κ3) is 2.23. The van der Waals surface area contributed by atoms with E-state index in [0.29, 0.717) is 12.6 Å². The number of benzene rings is 1. The van der Waals surface area contributed by atoms with E-state index in [1.807, 2.05) is 18.2 Å². The highest BCUT2D eigenvalue weighted by molar-refractivity contribution is 5.99. The molecule has 0 bridgehead atoms. The standard InChI is InChI=1S/C16H20N2O2/c19-16(18(12-6-7-12)10-11-4-5-11)13-2-1-3-14-15(13)20-9-8-17-14/h1-3,11-12,17H,4-10H2. The number of para-hydroxylation sites is 1. The van der Waals surface area contributed by atoms with Crippen LogP contribution in [0.1, 0.15) is 36.0 Å². The number of carbonyl (C=O) groups excluding carboxylic acids is 1. The van der Waals surface area contributed by atoms with Crippen molar-refractivity contribution < 1.29 is 9.53 Å². The minimum atomic E-state index is 0.153. The predicted molar refractivity (Wildman–Crippen MR) is 77.2 cm³/mol. The van der Waals surface area contributed by atoms with Crippen LogP contribution in [0, 0.1) is 5.92 Å². The number of hydrogen-bond donors (Lipinski definition) is 1. The summed E-state index contributed by atoms with van der Waals surface area (Å²) in [4.78, 5) is 15.0. The molecule has 1 heterocycles. The SMILES string of the molecule is O=C(c1cccc2c1OCCN2)N(CC1CC1)C1CC1. The Labute approximate surface area is 119 Å². The monoisotopic (exact) mass is 272 g/mol. The summed E-state index contributed by atoms with van der Waals surface area (Å²) in [6.45, 7) is 2.36. The maximum Gasteiger partial charge on any atom is 0.257 e. The first kappa shape index (κ1) is 12.1. The van der Waals surface area contributed by atoms with Gasteiger partial charge in [0.05, 0.1) is 11.3 Å². The number of ether oxygens (including phenoxy) is 1. The molecular weight excluding hydrogens is 252 g/mol. The number of fused-ring (bicyclic) bond motifs is 1. The Morgan fingerprint density at radius 1 is 1.30 bits per heavy atom. The second-order valence-corrected chi connectivity index (χ2v) is 6.09. The molecule has 0 saturated heterocycles. The lowest BCUT2D eigenvalue weighted by Gasteiger charge is -2.26. The van der Waals surface area contributed by atoms with Gasteiger partial charge in [0.15, 0.2) is 5.75 Å². The van der Waals surface area contributed by atoms with Crippen LogP contribution in [0.25, 0.3) is 0 Å². The minimum absolute atomic E-state index is 0.153. The van der Waals surface area contributed by atoms with E-state index in [2.05, 4.69) is 10.2 Å². The van der Waals surface area contributed by atoms with Crippen LogP contribution < -0.4 is 10.1 Å². The Bertz CT molecular complexity index is 535. The third-order valence-corrected chi connectivity index (χ3v) is 4.31. The fourth-order valence-electron chi connectivity index (χ4n) is 2.86. The number of hydrogen-bond acceptors (Lipinski definition) is 3. The molecule has 2 saturated carbocycles. The summed E-state index contributed by atoms with van der Waals surface area (Å²) in [5.74, 6) is 1.63. The van der Waals surface area contributed by atoms with Crippen LogP contribution in [0.2, 0.25) is 0 Å². The maximum atomic E-state index is 12.9. The van der Waals surface area contributed by atoms with Gasteiger partial charge in [-0.2, -0.15) is 0 Å². The van der Waals surface area contributed by atoms with E-state index in [1.165, 1.54) is 12.8 Å². The molecule has 20 heavy (non-hydrogen) atoms. The second kappa shape index (κ2) is 4.69. The Morgan fingerprint density at radius 2 is 2.15 bits per heavy atom. The summed E-state index contributed by atoms with van der Waals surface area (Å²) in [6, 6.07) is 6.29. The zero-order valence-electron chi connectivity index (χ0n) is 11.6. The van der Waals surface area contributed by atoms with Gasteiger partial charge in [0.25, 0.3) is 5.91 Å². The number of rotatable bonds is 4. The van der Waals surface area contributed by atoms with Crippen molar-refractivity contribution >= 4 is 11.6 Å². The normalized spacial score (nSPS) is 20.6. The molecule has 4 nitrogen and oxygen atoms in total. The lowest BCUT2D eigenvalue weighted by atomic mass is 10.1.